The first-order valence-electron chi connectivity index (χ1n) is 14.4. The van der Waals surface area contributed by atoms with E-state index < -0.39 is 0 Å². The highest BCUT2D eigenvalue weighted by atomic mass is 32.1. The minimum absolute atomic E-state index is 0.0189. The molecule has 2 heterocycles. The van der Waals surface area contributed by atoms with Gasteiger partial charge >= 0.3 is 5.97 Å². The van der Waals surface area contributed by atoms with Crippen LogP contribution < -0.4 is 9.64 Å². The van der Waals surface area contributed by atoms with Gasteiger partial charge in [-0.1, -0.05) is 50.5 Å². The summed E-state index contributed by atoms with van der Waals surface area (Å²) < 4.78 is 22.5. The Morgan fingerprint density at radius 3 is 2.49 bits per heavy atom. The summed E-state index contributed by atoms with van der Waals surface area (Å²) in [6.45, 7) is 3.56. The molecular formula is C33H41NO6S. The van der Waals surface area contributed by atoms with Gasteiger partial charge in [0.1, 0.15) is 10.6 Å². The number of hydrogen-bond donors (Lipinski definition) is 0. The zero-order chi connectivity index (χ0) is 29.0. The van der Waals surface area contributed by atoms with Crippen molar-refractivity contribution < 1.29 is 28.5 Å². The van der Waals surface area contributed by atoms with Crippen molar-refractivity contribution in [3.63, 3.8) is 0 Å². The number of thiophene rings is 1. The number of carbonyl (C=O) groups is 2. The van der Waals surface area contributed by atoms with E-state index in [1.165, 1.54) is 24.9 Å². The van der Waals surface area contributed by atoms with Crippen LogP contribution in [0.25, 0.3) is 0 Å². The van der Waals surface area contributed by atoms with Crippen LogP contribution in [-0.2, 0) is 32.2 Å². The first kappa shape index (κ1) is 30.8. The van der Waals surface area contributed by atoms with Gasteiger partial charge in [-0.3, -0.25) is 4.79 Å². The standard InChI is InChI=1S/C33H41NO6S/c1-4-5-6-9-30(40-21-24-11-17-28(37-2)18-12-24)25-13-15-26(16-14-25)34-27(8-7-10-32(34)35)22-39-23-29-19-20-31(41-29)33(36)38-3/h11-20,27,30H,4-10,21-23H2,1-3H3/t27-,30?/m1/s1. The summed E-state index contributed by atoms with van der Waals surface area (Å²) in [7, 11) is 3.04. The predicted octanol–water partition coefficient (Wildman–Crippen LogP) is 7.48. The van der Waals surface area contributed by atoms with Crippen molar-refractivity contribution in [3.8, 4) is 5.75 Å². The SMILES string of the molecule is CCCCCC(OCc1ccc(OC)cc1)c1ccc(N2C(=O)CCC[C@@H]2COCc2ccc(C(=O)OC)s2)cc1. The molecule has 8 heteroatoms. The second kappa shape index (κ2) is 15.7. The molecular weight excluding hydrogens is 538 g/mol. The number of carbonyl (C=O) groups excluding carboxylic acids is 2. The molecule has 2 aromatic carbocycles. The number of methoxy groups -OCH3 is 2. The number of nitrogens with zero attached hydrogens (tertiary/aromatic N) is 1. The average molecular weight is 580 g/mol. The molecule has 0 aliphatic carbocycles. The molecule has 0 spiro atoms. The molecule has 41 heavy (non-hydrogen) atoms. The lowest BCUT2D eigenvalue weighted by Crippen LogP contribution is -2.46. The molecule has 0 N–H and O–H groups in total. The van der Waals surface area contributed by atoms with E-state index in [1.54, 1.807) is 13.2 Å². The van der Waals surface area contributed by atoms with Crippen LogP contribution in [0.15, 0.2) is 60.7 Å². The van der Waals surface area contributed by atoms with Crippen LogP contribution in [0, 0.1) is 0 Å². The van der Waals surface area contributed by atoms with E-state index in [2.05, 4.69) is 19.1 Å². The zero-order valence-corrected chi connectivity index (χ0v) is 25.1. The summed E-state index contributed by atoms with van der Waals surface area (Å²) in [5, 5.41) is 0. The molecule has 2 atom stereocenters. The van der Waals surface area contributed by atoms with Gasteiger partial charge in [0.15, 0.2) is 0 Å². The van der Waals surface area contributed by atoms with Crippen LogP contribution in [0.1, 0.15) is 83.6 Å². The number of anilines is 1. The molecule has 1 saturated heterocycles. The van der Waals surface area contributed by atoms with Gasteiger partial charge in [-0.2, -0.15) is 0 Å². The van der Waals surface area contributed by atoms with E-state index in [9.17, 15) is 9.59 Å². The summed E-state index contributed by atoms with van der Waals surface area (Å²) in [4.78, 5) is 28.2. The highest BCUT2D eigenvalue weighted by Crippen LogP contribution is 2.31. The highest BCUT2D eigenvalue weighted by Gasteiger charge is 2.29. The van der Waals surface area contributed by atoms with Gasteiger partial charge in [-0.05, 0) is 66.8 Å². The van der Waals surface area contributed by atoms with Crippen LogP contribution in [0.2, 0.25) is 0 Å². The van der Waals surface area contributed by atoms with Gasteiger partial charge < -0.3 is 23.8 Å². The molecule has 1 aliphatic heterocycles. The first-order chi connectivity index (χ1) is 20.0. The van der Waals surface area contributed by atoms with Gasteiger partial charge in [0.05, 0.1) is 46.2 Å². The number of piperidine rings is 1. The molecule has 0 saturated carbocycles. The number of hydrogen-bond acceptors (Lipinski definition) is 7. The topological polar surface area (TPSA) is 74.3 Å². The van der Waals surface area contributed by atoms with Crippen molar-refractivity contribution >= 4 is 28.9 Å². The number of amides is 1. The molecule has 0 bridgehead atoms. The summed E-state index contributed by atoms with van der Waals surface area (Å²) in [5.74, 6) is 0.614. The number of esters is 1. The van der Waals surface area contributed by atoms with Crippen molar-refractivity contribution in [2.45, 2.75) is 77.2 Å². The Labute approximate surface area is 247 Å². The number of benzene rings is 2. The van der Waals surface area contributed by atoms with Crippen LogP contribution in [0.4, 0.5) is 5.69 Å². The van der Waals surface area contributed by atoms with Crippen molar-refractivity contribution in [1.29, 1.82) is 0 Å². The third-order valence-electron chi connectivity index (χ3n) is 7.39. The lowest BCUT2D eigenvalue weighted by Gasteiger charge is -2.35. The number of rotatable bonds is 15. The van der Waals surface area contributed by atoms with Crippen molar-refractivity contribution in [3.05, 3.63) is 81.5 Å². The lowest BCUT2D eigenvalue weighted by molar-refractivity contribution is -0.120. The molecule has 1 fully saturated rings. The second-order valence-electron chi connectivity index (χ2n) is 10.3. The maximum atomic E-state index is 13.0. The summed E-state index contributed by atoms with van der Waals surface area (Å²) in [6.07, 6.45) is 6.63. The van der Waals surface area contributed by atoms with E-state index in [-0.39, 0.29) is 24.0 Å². The van der Waals surface area contributed by atoms with Crippen molar-refractivity contribution in [1.82, 2.24) is 0 Å². The summed E-state index contributed by atoms with van der Waals surface area (Å²) in [5.41, 5.74) is 3.11. The van der Waals surface area contributed by atoms with E-state index in [4.69, 9.17) is 18.9 Å². The quantitative estimate of drug-likeness (QED) is 0.137. The van der Waals surface area contributed by atoms with Crippen LogP contribution >= 0.6 is 11.3 Å². The van der Waals surface area contributed by atoms with E-state index in [0.717, 1.165) is 59.5 Å². The molecule has 3 aromatic rings. The Morgan fingerprint density at radius 2 is 1.78 bits per heavy atom. The van der Waals surface area contributed by atoms with Gasteiger partial charge in [-0.15, -0.1) is 11.3 Å². The second-order valence-corrected chi connectivity index (χ2v) is 11.5. The normalized spacial score (nSPS) is 16.0. The average Bonchev–Trinajstić information content (AvgIpc) is 3.48. The molecule has 220 valence electrons. The van der Waals surface area contributed by atoms with Crippen LogP contribution in [0.3, 0.4) is 0 Å². The van der Waals surface area contributed by atoms with Crippen LogP contribution in [-0.4, -0.2) is 38.7 Å². The minimum atomic E-state index is -0.340. The van der Waals surface area contributed by atoms with Crippen LogP contribution in [0.5, 0.6) is 5.75 Å². The predicted molar refractivity (Wildman–Crippen MR) is 162 cm³/mol. The van der Waals surface area contributed by atoms with E-state index in [1.807, 2.05) is 47.4 Å². The molecule has 1 aromatic heterocycles. The van der Waals surface area contributed by atoms with E-state index in [0.29, 0.717) is 31.1 Å². The fraction of sp³-hybridized carbons (Fsp3) is 0.455. The molecule has 1 unspecified atom stereocenters. The molecule has 0 radical (unpaired) electrons. The smallest absolute Gasteiger partial charge is 0.348 e. The molecule has 4 rings (SSSR count). The lowest BCUT2D eigenvalue weighted by atomic mass is 9.99. The third-order valence-corrected chi connectivity index (χ3v) is 8.43. The Hall–Kier alpha value is -3.20. The first-order valence-corrected chi connectivity index (χ1v) is 15.2. The largest absolute Gasteiger partial charge is 0.497 e. The van der Waals surface area contributed by atoms with Gasteiger partial charge in [0, 0.05) is 17.0 Å². The Morgan fingerprint density at radius 1 is 1.00 bits per heavy atom. The molecule has 1 amide bonds. The number of unbranched alkanes of at least 4 members (excludes halogenated alkanes) is 2. The summed E-state index contributed by atoms with van der Waals surface area (Å²) >= 11 is 1.37. The Balaban J connectivity index is 1.40. The van der Waals surface area contributed by atoms with E-state index >= 15 is 0 Å². The monoisotopic (exact) mass is 579 g/mol. The fourth-order valence-electron chi connectivity index (χ4n) is 5.11. The Bertz CT molecular complexity index is 1240. The van der Waals surface area contributed by atoms with Crippen molar-refractivity contribution in [2.75, 3.05) is 25.7 Å². The number of ether oxygens (including phenoxy) is 4. The Kier molecular flexibility index (Phi) is 11.8. The van der Waals surface area contributed by atoms with Gasteiger partial charge in [-0.25, -0.2) is 4.79 Å². The minimum Gasteiger partial charge on any atom is -0.497 e. The van der Waals surface area contributed by atoms with Gasteiger partial charge in [0.25, 0.3) is 0 Å². The zero-order valence-electron chi connectivity index (χ0n) is 24.3. The summed E-state index contributed by atoms with van der Waals surface area (Å²) in [6, 6.07) is 19.8. The maximum Gasteiger partial charge on any atom is 0.348 e. The third kappa shape index (κ3) is 8.64. The van der Waals surface area contributed by atoms with Crippen molar-refractivity contribution in [2.24, 2.45) is 0 Å². The van der Waals surface area contributed by atoms with Gasteiger partial charge in [0.2, 0.25) is 5.91 Å². The fourth-order valence-corrected chi connectivity index (χ4v) is 5.97. The maximum absolute atomic E-state index is 13.0. The highest BCUT2D eigenvalue weighted by molar-refractivity contribution is 7.13. The molecule has 7 nitrogen and oxygen atoms in total. The molecule has 1 aliphatic rings.